The number of hydrogen-bond acceptors (Lipinski definition) is 5. The lowest BCUT2D eigenvalue weighted by atomic mass is 10.5. The zero-order valence-corrected chi connectivity index (χ0v) is 12.3. The van der Waals surface area contributed by atoms with Crippen molar-refractivity contribution in [2.45, 2.75) is 20.3 Å². The van der Waals surface area contributed by atoms with Gasteiger partial charge in [-0.05, 0) is 6.42 Å². The Morgan fingerprint density at radius 1 is 1.07 bits per heavy atom. The Balaban J connectivity index is -0.000000180. The molecule has 0 aliphatic heterocycles. The molecule has 0 heterocycles. The lowest BCUT2D eigenvalue weighted by molar-refractivity contribution is 0.163. The van der Waals surface area contributed by atoms with Crippen LogP contribution in [-0.4, -0.2) is 49.0 Å². The van der Waals surface area contributed by atoms with Crippen LogP contribution in [0.2, 0.25) is 0 Å². The summed E-state index contributed by atoms with van der Waals surface area (Å²) in [7, 11) is 3.05. The van der Waals surface area contributed by atoms with Gasteiger partial charge >= 0.3 is 9.53 Å². The molecule has 96 valence electrons. The summed E-state index contributed by atoms with van der Waals surface area (Å²) in [6.45, 7) is 6.13. The molecule has 0 aliphatic rings. The summed E-state index contributed by atoms with van der Waals surface area (Å²) in [4.78, 5) is 0. The van der Waals surface area contributed by atoms with Crippen LogP contribution in [0.4, 0.5) is 0 Å². The highest BCUT2D eigenvalue weighted by Crippen LogP contribution is 1.81. The molecule has 5 nitrogen and oxygen atoms in total. The first kappa shape index (κ1) is 20.7. The normalized spacial score (nSPS) is 9.60. The average Bonchev–Trinajstić information content (AvgIpc) is 2.22. The molecule has 0 aromatic carbocycles. The van der Waals surface area contributed by atoms with Crippen molar-refractivity contribution in [1.29, 1.82) is 0 Å². The second kappa shape index (κ2) is 16.7. The molecule has 0 bridgehead atoms. The fourth-order valence-electron chi connectivity index (χ4n) is 0.734. The highest BCUT2D eigenvalue weighted by molar-refractivity contribution is 6.36. The maximum Gasteiger partial charge on any atom is 0.483 e. The minimum Gasteiger partial charge on any atom is -0.379 e. The van der Waals surface area contributed by atoms with Crippen LogP contribution >= 0.6 is 12.4 Å². The molecule has 0 aromatic heterocycles. The maximum absolute atomic E-state index is 5.42. The van der Waals surface area contributed by atoms with Gasteiger partial charge in [0.25, 0.3) is 0 Å². The smallest absolute Gasteiger partial charge is 0.379 e. The summed E-state index contributed by atoms with van der Waals surface area (Å²) in [6, 6.07) is 0. The Morgan fingerprint density at radius 2 is 1.47 bits per heavy atom. The largest absolute Gasteiger partial charge is 0.483 e. The van der Waals surface area contributed by atoms with Crippen molar-refractivity contribution in [1.82, 2.24) is 5.01 Å². The lowest BCUT2D eigenvalue weighted by Crippen LogP contribution is -2.30. The van der Waals surface area contributed by atoms with Crippen molar-refractivity contribution < 1.29 is 13.3 Å². The number of nitrogens with two attached hydrogens (primary N) is 1. The molecule has 0 saturated heterocycles. The number of halogens is 1. The van der Waals surface area contributed by atoms with Crippen LogP contribution in [0.1, 0.15) is 20.3 Å². The lowest BCUT2D eigenvalue weighted by Gasteiger charge is -2.09. The van der Waals surface area contributed by atoms with Crippen molar-refractivity contribution in [2.75, 3.05) is 34.4 Å². The molecular formula is C8H25ClN2O3Si. The van der Waals surface area contributed by atoms with Crippen molar-refractivity contribution in [3.8, 4) is 0 Å². The molecule has 7 heteroatoms. The van der Waals surface area contributed by atoms with Crippen molar-refractivity contribution >= 4 is 21.9 Å². The third kappa shape index (κ3) is 16.9. The molecule has 0 saturated carbocycles. The molecule has 15 heavy (non-hydrogen) atoms. The van der Waals surface area contributed by atoms with Crippen LogP contribution in [0, 0.1) is 0 Å². The summed E-state index contributed by atoms with van der Waals surface area (Å²) >= 11 is 0. The minimum absolute atomic E-state index is 0. The molecular weight excluding hydrogens is 236 g/mol. The van der Waals surface area contributed by atoms with E-state index in [0.717, 1.165) is 19.5 Å². The third-order valence-electron chi connectivity index (χ3n) is 1.49. The maximum atomic E-state index is 5.42. The average molecular weight is 261 g/mol. The fraction of sp³-hybridized carbons (Fsp3) is 1.00. The predicted molar refractivity (Wildman–Crippen MR) is 67.1 cm³/mol. The van der Waals surface area contributed by atoms with Crippen molar-refractivity contribution in [3.63, 3.8) is 0 Å². The summed E-state index contributed by atoms with van der Waals surface area (Å²) in [6.07, 6.45) is 1.14. The molecule has 0 unspecified atom stereocenters. The third-order valence-corrected chi connectivity index (χ3v) is 2.65. The van der Waals surface area contributed by atoms with E-state index in [2.05, 4.69) is 13.8 Å². The van der Waals surface area contributed by atoms with Crippen molar-refractivity contribution in [3.05, 3.63) is 0 Å². The quantitative estimate of drug-likeness (QED) is 0.432. The first-order valence-electron chi connectivity index (χ1n) is 4.74. The Morgan fingerprint density at radius 3 is 1.53 bits per heavy atom. The van der Waals surface area contributed by atoms with E-state index in [9.17, 15) is 0 Å². The molecule has 0 amide bonds. The van der Waals surface area contributed by atoms with E-state index < -0.39 is 9.53 Å². The molecule has 0 radical (unpaired) electrons. The minimum atomic E-state index is -1.67. The topological polar surface area (TPSA) is 57.0 Å². The van der Waals surface area contributed by atoms with Crippen LogP contribution in [-0.2, 0) is 13.3 Å². The summed E-state index contributed by atoms with van der Waals surface area (Å²) < 4.78 is 14.2. The predicted octanol–water partition coefficient (Wildman–Crippen LogP) is 0.657. The van der Waals surface area contributed by atoms with E-state index in [0.29, 0.717) is 0 Å². The summed E-state index contributed by atoms with van der Waals surface area (Å²) in [5.74, 6) is 5.42. The first-order chi connectivity index (χ1) is 6.65. The second-order valence-corrected chi connectivity index (χ2v) is 4.62. The first-order valence-corrected chi connectivity index (χ1v) is 6.15. The van der Waals surface area contributed by atoms with Gasteiger partial charge in [-0.25, -0.2) is 5.01 Å². The second-order valence-electron chi connectivity index (χ2n) is 2.62. The van der Waals surface area contributed by atoms with Gasteiger partial charge in [0.1, 0.15) is 0 Å². The molecule has 0 spiro atoms. The molecule has 2 N–H and O–H groups in total. The van der Waals surface area contributed by atoms with Crippen LogP contribution in [0.3, 0.4) is 0 Å². The van der Waals surface area contributed by atoms with E-state index in [1.54, 1.807) is 26.3 Å². The Kier molecular flexibility index (Phi) is 23.1. The molecule has 0 fully saturated rings. The van der Waals surface area contributed by atoms with Gasteiger partial charge in [-0.3, -0.25) is 5.84 Å². The highest BCUT2D eigenvalue weighted by atomic mass is 35.5. The SMILES string of the molecule is CCCN(N)CC.CO[SiH](OC)OC.Cl. The molecule has 0 atom stereocenters. The van der Waals surface area contributed by atoms with Crippen LogP contribution < -0.4 is 5.84 Å². The van der Waals surface area contributed by atoms with Gasteiger partial charge in [0, 0.05) is 34.4 Å². The summed E-state index contributed by atoms with van der Waals surface area (Å²) in [5, 5.41) is 1.81. The monoisotopic (exact) mass is 260 g/mol. The van der Waals surface area contributed by atoms with Crippen molar-refractivity contribution in [2.24, 2.45) is 5.84 Å². The van der Waals surface area contributed by atoms with Gasteiger partial charge in [-0.1, -0.05) is 13.8 Å². The Hall–Kier alpha value is 0.307. The van der Waals surface area contributed by atoms with Gasteiger partial charge in [-0.15, -0.1) is 12.4 Å². The zero-order valence-electron chi connectivity index (χ0n) is 10.4. The standard InChI is InChI=1S/C5H14N2.C3H10O3Si.ClH/c1-3-5-7(6)4-2;1-4-7(5-2)6-3;/h3-6H2,1-2H3;7H,1-3H3;1H. The van der Waals surface area contributed by atoms with E-state index in [4.69, 9.17) is 19.1 Å². The zero-order chi connectivity index (χ0) is 11.4. The van der Waals surface area contributed by atoms with E-state index >= 15 is 0 Å². The van der Waals surface area contributed by atoms with Crippen LogP contribution in [0.5, 0.6) is 0 Å². The van der Waals surface area contributed by atoms with Gasteiger partial charge in [0.15, 0.2) is 0 Å². The van der Waals surface area contributed by atoms with Crippen LogP contribution in [0.25, 0.3) is 0 Å². The molecule has 0 rings (SSSR count). The van der Waals surface area contributed by atoms with E-state index in [1.165, 1.54) is 0 Å². The summed E-state index contributed by atoms with van der Waals surface area (Å²) in [5.41, 5.74) is 0. The van der Waals surface area contributed by atoms with E-state index in [-0.39, 0.29) is 12.4 Å². The van der Waals surface area contributed by atoms with Gasteiger partial charge < -0.3 is 13.3 Å². The van der Waals surface area contributed by atoms with Gasteiger partial charge in [0.2, 0.25) is 0 Å². The van der Waals surface area contributed by atoms with Gasteiger partial charge in [0.05, 0.1) is 0 Å². The van der Waals surface area contributed by atoms with Gasteiger partial charge in [-0.2, -0.15) is 0 Å². The van der Waals surface area contributed by atoms with E-state index in [1.807, 2.05) is 0 Å². The number of rotatable bonds is 6. The number of hydrazine groups is 1. The molecule has 0 aliphatic carbocycles. The Labute approximate surface area is 101 Å². The fourth-order valence-corrected chi connectivity index (χ4v) is 1.31. The number of hydrogen-bond donors (Lipinski definition) is 1. The highest BCUT2D eigenvalue weighted by Gasteiger charge is 2.04. The Bertz CT molecular complexity index is 104. The van der Waals surface area contributed by atoms with Crippen LogP contribution in [0.15, 0.2) is 0 Å². The molecule has 0 aromatic rings. The number of nitrogens with zero attached hydrogens (tertiary/aromatic N) is 1.